The van der Waals surface area contributed by atoms with Crippen LogP contribution in [-0.4, -0.2) is 37.2 Å². The number of amides is 1. The fourth-order valence-electron chi connectivity index (χ4n) is 1.63. The van der Waals surface area contributed by atoms with Gasteiger partial charge >= 0.3 is 5.97 Å². The zero-order valence-electron chi connectivity index (χ0n) is 10.9. The van der Waals surface area contributed by atoms with Crippen molar-refractivity contribution in [2.45, 2.75) is 33.1 Å². The highest BCUT2D eigenvalue weighted by Gasteiger charge is 2.17. The molecule has 2 N–H and O–H groups in total. The van der Waals surface area contributed by atoms with E-state index in [-0.39, 0.29) is 18.4 Å². The van der Waals surface area contributed by atoms with E-state index in [2.05, 4.69) is 5.32 Å². The summed E-state index contributed by atoms with van der Waals surface area (Å²) in [6.45, 7) is 4.59. The van der Waals surface area contributed by atoms with Crippen molar-refractivity contribution < 1.29 is 19.4 Å². The molecule has 0 heterocycles. The molecule has 1 amide bonds. The normalized spacial score (nSPS) is 14.1. The van der Waals surface area contributed by atoms with Gasteiger partial charge in [-0.05, 0) is 12.3 Å². The summed E-state index contributed by atoms with van der Waals surface area (Å²) in [5, 5.41) is 11.6. The first kappa shape index (κ1) is 15.9. The van der Waals surface area contributed by atoms with Gasteiger partial charge in [0.2, 0.25) is 5.91 Å². The van der Waals surface area contributed by atoms with E-state index in [1.807, 2.05) is 13.8 Å². The molecular formula is C12H23NO4. The molecule has 2 unspecified atom stereocenters. The van der Waals surface area contributed by atoms with E-state index >= 15 is 0 Å². The minimum Gasteiger partial charge on any atom is -0.481 e. The Bertz CT molecular complexity index is 243. The zero-order valence-corrected chi connectivity index (χ0v) is 10.9. The first-order chi connectivity index (χ1) is 8.01. The molecule has 0 saturated heterocycles. The molecule has 0 radical (unpaired) electrons. The van der Waals surface area contributed by atoms with Crippen LogP contribution in [-0.2, 0) is 14.3 Å². The van der Waals surface area contributed by atoms with Gasteiger partial charge in [-0.3, -0.25) is 9.59 Å². The number of nitrogens with one attached hydrogen (secondary N) is 1. The molecule has 100 valence electrons. The maximum atomic E-state index is 11.5. The van der Waals surface area contributed by atoms with Crippen molar-refractivity contribution in [1.82, 2.24) is 5.32 Å². The molecule has 0 saturated carbocycles. The number of methoxy groups -OCH3 is 1. The molecule has 5 nitrogen and oxygen atoms in total. The van der Waals surface area contributed by atoms with Crippen molar-refractivity contribution in [2.24, 2.45) is 11.8 Å². The van der Waals surface area contributed by atoms with Crippen molar-refractivity contribution in [2.75, 3.05) is 20.3 Å². The number of hydrogen-bond donors (Lipinski definition) is 2. The van der Waals surface area contributed by atoms with Crippen LogP contribution in [0.25, 0.3) is 0 Å². The molecule has 0 aromatic carbocycles. The number of carboxylic acids is 1. The van der Waals surface area contributed by atoms with Gasteiger partial charge in [-0.1, -0.05) is 20.3 Å². The van der Waals surface area contributed by atoms with Gasteiger partial charge in [0, 0.05) is 26.7 Å². The minimum atomic E-state index is -0.850. The molecule has 0 fully saturated rings. The second kappa shape index (κ2) is 8.98. The van der Waals surface area contributed by atoms with Gasteiger partial charge in [0.1, 0.15) is 0 Å². The predicted octanol–water partition coefficient (Wildman–Crippen LogP) is 1.28. The highest BCUT2D eigenvalue weighted by molar-refractivity contribution is 5.77. The molecule has 0 bridgehead atoms. The molecule has 0 aliphatic carbocycles. The quantitative estimate of drug-likeness (QED) is 0.641. The third-order valence-corrected chi connectivity index (χ3v) is 2.52. The van der Waals surface area contributed by atoms with E-state index < -0.39 is 11.9 Å². The summed E-state index contributed by atoms with van der Waals surface area (Å²) in [4.78, 5) is 22.4. The minimum absolute atomic E-state index is 0.114. The van der Waals surface area contributed by atoms with Crippen LogP contribution >= 0.6 is 0 Å². The lowest BCUT2D eigenvalue weighted by Gasteiger charge is -2.14. The molecular weight excluding hydrogens is 222 g/mol. The molecule has 0 aliphatic rings. The highest BCUT2D eigenvalue weighted by Crippen LogP contribution is 2.06. The van der Waals surface area contributed by atoms with Gasteiger partial charge in [0.05, 0.1) is 5.92 Å². The summed E-state index contributed by atoms with van der Waals surface area (Å²) in [6, 6.07) is 0. The van der Waals surface area contributed by atoms with Gasteiger partial charge in [-0.2, -0.15) is 0 Å². The number of hydrogen-bond acceptors (Lipinski definition) is 3. The van der Waals surface area contributed by atoms with Gasteiger partial charge in [-0.25, -0.2) is 0 Å². The Morgan fingerprint density at radius 2 is 2.06 bits per heavy atom. The van der Waals surface area contributed by atoms with Gasteiger partial charge in [0.25, 0.3) is 0 Å². The fraction of sp³-hybridized carbons (Fsp3) is 0.833. The fourth-order valence-corrected chi connectivity index (χ4v) is 1.63. The number of carboxylic acid groups (broad SMARTS) is 1. The Balaban J connectivity index is 3.91. The summed E-state index contributed by atoms with van der Waals surface area (Å²) >= 11 is 0. The maximum absolute atomic E-state index is 11.5. The van der Waals surface area contributed by atoms with Crippen molar-refractivity contribution in [1.29, 1.82) is 0 Å². The van der Waals surface area contributed by atoms with Crippen LogP contribution in [0.1, 0.15) is 33.1 Å². The Kier molecular flexibility index (Phi) is 8.40. The summed E-state index contributed by atoms with van der Waals surface area (Å²) in [5.41, 5.74) is 0. The smallest absolute Gasteiger partial charge is 0.308 e. The van der Waals surface area contributed by atoms with Gasteiger partial charge in [0.15, 0.2) is 0 Å². The van der Waals surface area contributed by atoms with E-state index in [1.165, 1.54) is 0 Å². The molecule has 5 heteroatoms. The van der Waals surface area contributed by atoms with E-state index in [0.29, 0.717) is 19.4 Å². The lowest BCUT2D eigenvalue weighted by Crippen LogP contribution is -2.34. The molecule has 0 aromatic rings. The van der Waals surface area contributed by atoms with E-state index in [1.54, 1.807) is 7.11 Å². The van der Waals surface area contributed by atoms with Gasteiger partial charge < -0.3 is 15.2 Å². The van der Waals surface area contributed by atoms with Crippen LogP contribution in [0.15, 0.2) is 0 Å². The lowest BCUT2D eigenvalue weighted by molar-refractivity contribution is -0.142. The van der Waals surface area contributed by atoms with Crippen LogP contribution in [0.2, 0.25) is 0 Å². The lowest BCUT2D eigenvalue weighted by atomic mass is 10.0. The largest absolute Gasteiger partial charge is 0.481 e. The Morgan fingerprint density at radius 3 is 2.53 bits per heavy atom. The maximum Gasteiger partial charge on any atom is 0.308 e. The molecule has 0 rings (SSSR count). The molecule has 0 aliphatic heterocycles. The third-order valence-electron chi connectivity index (χ3n) is 2.52. The number of carbonyl (C=O) groups excluding carboxylic acids is 1. The van der Waals surface area contributed by atoms with E-state index in [4.69, 9.17) is 9.84 Å². The van der Waals surface area contributed by atoms with Crippen molar-refractivity contribution >= 4 is 11.9 Å². The number of aliphatic carboxylic acids is 1. The van der Waals surface area contributed by atoms with Crippen LogP contribution < -0.4 is 5.32 Å². The number of carbonyl (C=O) groups is 2. The monoisotopic (exact) mass is 245 g/mol. The Labute approximate surface area is 103 Å². The van der Waals surface area contributed by atoms with Crippen molar-refractivity contribution in [3.63, 3.8) is 0 Å². The molecule has 0 aromatic heterocycles. The highest BCUT2D eigenvalue weighted by atomic mass is 16.5. The summed E-state index contributed by atoms with van der Waals surface area (Å²) in [7, 11) is 1.59. The van der Waals surface area contributed by atoms with Crippen LogP contribution in [0.4, 0.5) is 0 Å². The first-order valence-corrected chi connectivity index (χ1v) is 5.99. The van der Waals surface area contributed by atoms with Crippen molar-refractivity contribution in [3.05, 3.63) is 0 Å². The SMILES string of the molecule is CCCC(CNC(=O)CC(C)COC)C(=O)O. The first-order valence-electron chi connectivity index (χ1n) is 5.99. The predicted molar refractivity (Wildman–Crippen MR) is 64.7 cm³/mol. The number of rotatable bonds is 9. The summed E-state index contributed by atoms with van der Waals surface area (Å²) < 4.78 is 4.93. The standard InChI is InChI=1S/C12H23NO4/c1-4-5-10(12(15)16)7-13-11(14)6-9(2)8-17-3/h9-10H,4-8H2,1-3H3,(H,13,14)(H,15,16). The average Bonchev–Trinajstić information content (AvgIpc) is 2.23. The number of ether oxygens (including phenoxy) is 1. The molecule has 0 spiro atoms. The summed E-state index contributed by atoms with van der Waals surface area (Å²) in [5.74, 6) is -1.30. The second-order valence-corrected chi connectivity index (χ2v) is 4.39. The van der Waals surface area contributed by atoms with Crippen LogP contribution in [0, 0.1) is 11.8 Å². The Hall–Kier alpha value is -1.10. The average molecular weight is 245 g/mol. The van der Waals surface area contributed by atoms with E-state index in [9.17, 15) is 9.59 Å². The molecule has 2 atom stereocenters. The second-order valence-electron chi connectivity index (χ2n) is 4.39. The van der Waals surface area contributed by atoms with Gasteiger partial charge in [-0.15, -0.1) is 0 Å². The molecule has 17 heavy (non-hydrogen) atoms. The van der Waals surface area contributed by atoms with Crippen LogP contribution in [0.3, 0.4) is 0 Å². The topological polar surface area (TPSA) is 75.6 Å². The summed E-state index contributed by atoms with van der Waals surface area (Å²) in [6.07, 6.45) is 1.75. The zero-order chi connectivity index (χ0) is 13.3. The van der Waals surface area contributed by atoms with E-state index in [0.717, 1.165) is 6.42 Å². The van der Waals surface area contributed by atoms with Crippen molar-refractivity contribution in [3.8, 4) is 0 Å². The Morgan fingerprint density at radius 1 is 1.41 bits per heavy atom. The van der Waals surface area contributed by atoms with Crippen LogP contribution in [0.5, 0.6) is 0 Å². The third kappa shape index (κ3) is 7.74.